The second-order valence-corrected chi connectivity index (χ2v) is 10.6. The number of carboxylic acids is 1. The third-order valence-corrected chi connectivity index (χ3v) is 7.14. The van der Waals surface area contributed by atoms with Gasteiger partial charge in [0.25, 0.3) is 0 Å². The average Bonchev–Trinajstić information content (AvgIpc) is 3.40. The van der Waals surface area contributed by atoms with Gasteiger partial charge >= 0.3 is 5.97 Å². The number of aromatic hydroxyl groups is 1. The molecule has 200 valence electrons. The van der Waals surface area contributed by atoms with Crippen molar-refractivity contribution in [2.24, 2.45) is 0 Å². The summed E-state index contributed by atoms with van der Waals surface area (Å²) in [4.78, 5) is 50.7. The summed E-state index contributed by atoms with van der Waals surface area (Å²) >= 11 is 3.01. The van der Waals surface area contributed by atoms with Gasteiger partial charge in [0.2, 0.25) is 17.7 Å². The van der Waals surface area contributed by atoms with Crippen LogP contribution in [-0.2, 0) is 25.6 Å². The number of amides is 3. The van der Waals surface area contributed by atoms with Crippen LogP contribution in [-0.4, -0.2) is 88.6 Å². The van der Waals surface area contributed by atoms with E-state index >= 15 is 0 Å². The van der Waals surface area contributed by atoms with Gasteiger partial charge in [-0.15, -0.1) is 0 Å². The van der Waals surface area contributed by atoms with E-state index in [9.17, 15) is 29.4 Å². The number of benzene rings is 1. The van der Waals surface area contributed by atoms with Gasteiger partial charge in [-0.2, -0.15) is 23.5 Å². The largest absolute Gasteiger partial charge is 0.508 e. The molecule has 36 heavy (non-hydrogen) atoms. The summed E-state index contributed by atoms with van der Waals surface area (Å²) in [5.74, 6) is -1.31. The number of thioether (sulfide) groups is 2. The van der Waals surface area contributed by atoms with E-state index in [2.05, 4.69) is 21.3 Å². The zero-order valence-electron chi connectivity index (χ0n) is 20.6. The van der Waals surface area contributed by atoms with Gasteiger partial charge in [0.15, 0.2) is 0 Å². The number of nitrogens with one attached hydrogen (secondary N) is 4. The Morgan fingerprint density at radius 1 is 0.944 bits per heavy atom. The quantitative estimate of drug-likeness (QED) is 0.189. The number of carbonyl (C=O) groups is 4. The average molecular weight is 541 g/mol. The second kappa shape index (κ2) is 15.6. The highest BCUT2D eigenvalue weighted by molar-refractivity contribution is 7.98. The molecule has 1 aliphatic heterocycles. The van der Waals surface area contributed by atoms with Crippen molar-refractivity contribution in [2.75, 3.05) is 30.6 Å². The van der Waals surface area contributed by atoms with Gasteiger partial charge in [-0.25, -0.2) is 4.79 Å². The zero-order valence-corrected chi connectivity index (χ0v) is 22.3. The lowest BCUT2D eigenvalue weighted by molar-refractivity contribution is -0.142. The van der Waals surface area contributed by atoms with E-state index in [-0.39, 0.29) is 30.5 Å². The van der Waals surface area contributed by atoms with Crippen LogP contribution in [0.5, 0.6) is 5.75 Å². The van der Waals surface area contributed by atoms with Crippen LogP contribution >= 0.6 is 23.5 Å². The predicted octanol–water partition coefficient (Wildman–Crippen LogP) is 0.732. The summed E-state index contributed by atoms with van der Waals surface area (Å²) in [6.07, 6.45) is 6.03. The molecule has 0 saturated carbocycles. The minimum Gasteiger partial charge on any atom is -0.508 e. The molecule has 0 aliphatic carbocycles. The lowest BCUT2D eigenvalue weighted by atomic mass is 10.0. The van der Waals surface area contributed by atoms with Crippen molar-refractivity contribution in [1.29, 1.82) is 0 Å². The third kappa shape index (κ3) is 9.90. The molecule has 1 aromatic carbocycles. The Bertz CT molecular complexity index is 880. The highest BCUT2D eigenvalue weighted by atomic mass is 32.2. The summed E-state index contributed by atoms with van der Waals surface area (Å²) in [6.45, 7) is 0.746. The van der Waals surface area contributed by atoms with Gasteiger partial charge in [0.1, 0.15) is 23.9 Å². The number of aliphatic carboxylic acids is 1. The van der Waals surface area contributed by atoms with Crippen molar-refractivity contribution in [3.8, 4) is 5.75 Å². The van der Waals surface area contributed by atoms with Crippen LogP contribution in [0, 0.1) is 0 Å². The van der Waals surface area contributed by atoms with Crippen LogP contribution < -0.4 is 21.3 Å². The Morgan fingerprint density at radius 2 is 1.53 bits per heavy atom. The van der Waals surface area contributed by atoms with E-state index in [0.717, 1.165) is 13.0 Å². The Kier molecular flexibility index (Phi) is 12.9. The first-order valence-electron chi connectivity index (χ1n) is 11.9. The maximum Gasteiger partial charge on any atom is 0.326 e. The van der Waals surface area contributed by atoms with E-state index in [1.54, 1.807) is 12.1 Å². The molecule has 1 saturated heterocycles. The fourth-order valence-corrected chi connectivity index (χ4v) is 4.74. The first kappa shape index (κ1) is 29.8. The van der Waals surface area contributed by atoms with Crippen molar-refractivity contribution in [2.45, 2.75) is 56.3 Å². The molecule has 0 aromatic heterocycles. The molecule has 0 bridgehead atoms. The van der Waals surface area contributed by atoms with Gasteiger partial charge in [0, 0.05) is 6.42 Å². The lowest BCUT2D eigenvalue weighted by Crippen LogP contribution is -2.57. The highest BCUT2D eigenvalue weighted by Crippen LogP contribution is 2.13. The summed E-state index contributed by atoms with van der Waals surface area (Å²) in [6, 6.07) is 2.85. The van der Waals surface area contributed by atoms with Crippen LogP contribution in [0.15, 0.2) is 24.3 Å². The molecule has 3 amide bonds. The van der Waals surface area contributed by atoms with E-state index in [1.807, 2.05) is 12.5 Å². The molecule has 1 aliphatic rings. The number of phenols is 1. The summed E-state index contributed by atoms with van der Waals surface area (Å²) in [7, 11) is 0. The Hall–Kier alpha value is -2.44. The molecular weight excluding hydrogens is 504 g/mol. The Morgan fingerprint density at radius 3 is 2.08 bits per heavy atom. The van der Waals surface area contributed by atoms with Gasteiger partial charge in [0.05, 0.1) is 6.04 Å². The van der Waals surface area contributed by atoms with Crippen LogP contribution in [0.25, 0.3) is 0 Å². The number of carboxylic acid groups (broad SMARTS) is 1. The molecule has 1 aromatic rings. The van der Waals surface area contributed by atoms with Crippen LogP contribution in [0.3, 0.4) is 0 Å². The number of hydrogen-bond donors (Lipinski definition) is 6. The standard InChI is InChI=1S/C24H36N4O6S2/c1-35-12-9-18(26-21(30)17-4-3-11-25-17)22(31)28-20(14-15-5-7-16(29)8-6-15)23(32)27-19(24(33)34)10-13-36-2/h5-8,17-20,25,29H,3-4,9-14H2,1-2H3,(H,26,30)(H,27,32)(H,28,31)(H,33,34). The minimum atomic E-state index is -1.15. The molecule has 0 spiro atoms. The third-order valence-electron chi connectivity index (χ3n) is 5.85. The van der Waals surface area contributed by atoms with Crippen LogP contribution in [0.1, 0.15) is 31.2 Å². The fraction of sp³-hybridized carbons (Fsp3) is 0.583. The van der Waals surface area contributed by atoms with Gasteiger partial charge < -0.3 is 31.5 Å². The molecule has 12 heteroatoms. The topological polar surface area (TPSA) is 157 Å². The minimum absolute atomic E-state index is 0.0622. The lowest BCUT2D eigenvalue weighted by Gasteiger charge is -2.25. The smallest absolute Gasteiger partial charge is 0.326 e. The first-order chi connectivity index (χ1) is 17.2. The van der Waals surface area contributed by atoms with E-state index in [4.69, 9.17) is 0 Å². The maximum atomic E-state index is 13.3. The second-order valence-electron chi connectivity index (χ2n) is 8.60. The molecule has 0 radical (unpaired) electrons. The SMILES string of the molecule is CSCCC(NC(=O)C(Cc1ccc(O)cc1)NC(=O)C(CCSC)NC(=O)C1CCCN1)C(=O)O. The van der Waals surface area contributed by atoms with Crippen molar-refractivity contribution in [1.82, 2.24) is 21.3 Å². The molecular formula is C24H36N4O6S2. The Balaban J connectivity index is 2.18. The Labute approximate surface area is 220 Å². The predicted molar refractivity (Wildman–Crippen MR) is 142 cm³/mol. The van der Waals surface area contributed by atoms with Crippen LogP contribution in [0.2, 0.25) is 0 Å². The monoisotopic (exact) mass is 540 g/mol. The molecule has 1 heterocycles. The maximum absolute atomic E-state index is 13.3. The highest BCUT2D eigenvalue weighted by Gasteiger charge is 2.31. The molecule has 1 fully saturated rings. The van der Waals surface area contributed by atoms with Crippen molar-refractivity contribution >= 4 is 47.2 Å². The molecule has 4 unspecified atom stereocenters. The van der Waals surface area contributed by atoms with Crippen LogP contribution in [0.4, 0.5) is 0 Å². The van der Waals surface area contributed by atoms with Gasteiger partial charge in [-0.1, -0.05) is 12.1 Å². The van der Waals surface area contributed by atoms with Gasteiger partial charge in [-0.3, -0.25) is 14.4 Å². The molecule has 4 atom stereocenters. The number of carbonyl (C=O) groups excluding carboxylic acids is 3. The normalized spacial score (nSPS) is 17.6. The van der Waals surface area contributed by atoms with Crippen molar-refractivity contribution in [3.63, 3.8) is 0 Å². The van der Waals surface area contributed by atoms with E-state index in [1.165, 1.54) is 35.7 Å². The van der Waals surface area contributed by atoms with Crippen molar-refractivity contribution < 1.29 is 29.4 Å². The molecule has 10 nitrogen and oxygen atoms in total. The fourth-order valence-electron chi connectivity index (χ4n) is 3.80. The molecule has 6 N–H and O–H groups in total. The summed E-state index contributed by atoms with van der Waals surface area (Å²) in [5, 5.41) is 30.3. The number of hydrogen-bond acceptors (Lipinski definition) is 8. The number of rotatable bonds is 15. The van der Waals surface area contributed by atoms with E-state index < -0.39 is 35.9 Å². The van der Waals surface area contributed by atoms with Crippen molar-refractivity contribution in [3.05, 3.63) is 29.8 Å². The molecule has 2 rings (SSSR count). The summed E-state index contributed by atoms with van der Waals surface area (Å²) < 4.78 is 0. The zero-order chi connectivity index (χ0) is 26.5. The van der Waals surface area contributed by atoms with E-state index in [0.29, 0.717) is 29.9 Å². The number of phenolic OH excluding ortho intramolecular Hbond substituents is 1. The first-order valence-corrected chi connectivity index (χ1v) is 14.7. The van der Waals surface area contributed by atoms with Gasteiger partial charge in [-0.05, 0) is 73.9 Å². The summed E-state index contributed by atoms with van der Waals surface area (Å²) in [5.41, 5.74) is 0.670.